The summed E-state index contributed by atoms with van der Waals surface area (Å²) in [6.45, 7) is -0.0770. The molecule has 0 radical (unpaired) electrons. The summed E-state index contributed by atoms with van der Waals surface area (Å²) in [5.74, 6) is 0.272. The molecule has 8 nitrogen and oxygen atoms in total. The average molecular weight is 298 g/mol. The van der Waals surface area contributed by atoms with Gasteiger partial charge in [-0.15, -0.1) is 10.2 Å². The highest BCUT2D eigenvalue weighted by atomic mass is 16.6. The fourth-order valence-corrected chi connectivity index (χ4v) is 1.78. The van der Waals surface area contributed by atoms with Gasteiger partial charge in [0.2, 0.25) is 11.6 Å². The quantitative estimate of drug-likeness (QED) is 0.526. The van der Waals surface area contributed by atoms with Gasteiger partial charge in [-0.05, 0) is 34.2 Å². The number of rotatable bonds is 5. The Morgan fingerprint density at radius 2 is 1.95 bits per heavy atom. The minimum atomic E-state index is -0.613. The van der Waals surface area contributed by atoms with E-state index in [1.807, 2.05) is 30.3 Å². The second-order valence-electron chi connectivity index (χ2n) is 4.24. The van der Waals surface area contributed by atoms with E-state index in [0.29, 0.717) is 5.89 Å². The van der Waals surface area contributed by atoms with Crippen molar-refractivity contribution in [3.05, 3.63) is 64.7 Å². The maximum absolute atomic E-state index is 10.8. The van der Waals surface area contributed by atoms with Gasteiger partial charge in [0, 0.05) is 5.56 Å². The molecule has 0 aliphatic heterocycles. The minimum absolute atomic E-state index is 0.0481. The number of nitrogens with zero attached hydrogens (tertiary/aromatic N) is 4. The van der Waals surface area contributed by atoms with Crippen LogP contribution in [0.4, 0.5) is 5.82 Å². The number of nitro groups is 1. The van der Waals surface area contributed by atoms with Crippen LogP contribution in [0.3, 0.4) is 0 Å². The summed E-state index contributed by atoms with van der Waals surface area (Å²) in [5, 5.41) is 18.6. The van der Waals surface area contributed by atoms with Crippen molar-refractivity contribution < 1.29 is 14.1 Å². The van der Waals surface area contributed by atoms with Crippen LogP contribution in [0, 0.1) is 10.1 Å². The van der Waals surface area contributed by atoms with Crippen molar-refractivity contribution in [2.45, 2.75) is 6.61 Å². The zero-order chi connectivity index (χ0) is 15.4. The largest absolute Gasteiger partial charge is 0.476 e. The highest BCUT2D eigenvalue weighted by molar-refractivity contribution is 5.51. The molecule has 0 spiro atoms. The Balaban J connectivity index is 1.73. The van der Waals surface area contributed by atoms with Crippen molar-refractivity contribution in [3.8, 4) is 17.2 Å². The van der Waals surface area contributed by atoms with Crippen LogP contribution >= 0.6 is 0 Å². The van der Waals surface area contributed by atoms with Gasteiger partial charge < -0.3 is 19.3 Å². The number of hydrogen-bond acceptors (Lipinski definition) is 7. The molecule has 0 saturated heterocycles. The first-order valence-electron chi connectivity index (χ1n) is 6.34. The molecule has 1 aromatic carbocycles. The van der Waals surface area contributed by atoms with Crippen molar-refractivity contribution in [1.82, 2.24) is 15.2 Å². The average Bonchev–Trinajstić information content (AvgIpc) is 3.03. The summed E-state index contributed by atoms with van der Waals surface area (Å²) >= 11 is 0. The molecule has 2 heterocycles. The van der Waals surface area contributed by atoms with Crippen LogP contribution in [0.2, 0.25) is 0 Å². The van der Waals surface area contributed by atoms with Crippen molar-refractivity contribution in [1.29, 1.82) is 0 Å². The molecule has 0 aliphatic rings. The summed E-state index contributed by atoms with van der Waals surface area (Å²) < 4.78 is 10.8. The van der Waals surface area contributed by atoms with Crippen LogP contribution < -0.4 is 4.74 Å². The van der Waals surface area contributed by atoms with E-state index in [-0.39, 0.29) is 24.1 Å². The third kappa shape index (κ3) is 2.90. The van der Waals surface area contributed by atoms with Gasteiger partial charge in [0.05, 0.1) is 0 Å². The topological polar surface area (TPSA) is 104 Å². The molecule has 22 heavy (non-hydrogen) atoms. The van der Waals surface area contributed by atoms with E-state index < -0.39 is 4.92 Å². The molecule has 0 bridgehead atoms. The van der Waals surface area contributed by atoms with Crippen molar-refractivity contribution >= 4 is 5.82 Å². The molecule has 2 aromatic heterocycles. The Bertz CT molecular complexity index is 788. The molecule has 3 rings (SSSR count). The summed E-state index contributed by atoms with van der Waals surface area (Å²) in [7, 11) is 0. The normalized spacial score (nSPS) is 10.4. The zero-order valence-corrected chi connectivity index (χ0v) is 11.2. The predicted octanol–water partition coefficient (Wildman–Crippen LogP) is 2.62. The fraction of sp³-hybridized carbons (Fsp3) is 0.0714. The molecule has 3 aromatic rings. The Kier molecular flexibility index (Phi) is 3.73. The first-order valence-corrected chi connectivity index (χ1v) is 6.34. The predicted molar refractivity (Wildman–Crippen MR) is 75.0 cm³/mol. The highest BCUT2D eigenvalue weighted by Gasteiger charge is 2.17. The van der Waals surface area contributed by atoms with E-state index in [0.717, 1.165) is 5.56 Å². The summed E-state index contributed by atoms with van der Waals surface area (Å²) in [4.78, 5) is 13.9. The van der Waals surface area contributed by atoms with Crippen molar-refractivity contribution in [2.24, 2.45) is 0 Å². The van der Waals surface area contributed by atoms with E-state index in [1.165, 1.54) is 12.3 Å². The van der Waals surface area contributed by atoms with Gasteiger partial charge in [0.15, 0.2) is 6.61 Å². The molecule has 0 fully saturated rings. The summed E-state index contributed by atoms with van der Waals surface area (Å²) in [6, 6.07) is 12.3. The molecular formula is C14H10N4O4. The maximum Gasteiger partial charge on any atom is 0.406 e. The van der Waals surface area contributed by atoms with E-state index in [9.17, 15) is 10.1 Å². The molecular weight excluding hydrogens is 288 g/mol. The smallest absolute Gasteiger partial charge is 0.406 e. The van der Waals surface area contributed by atoms with E-state index in [1.54, 1.807) is 6.07 Å². The second kappa shape index (κ2) is 6.00. The third-order valence-corrected chi connectivity index (χ3v) is 2.76. The zero-order valence-electron chi connectivity index (χ0n) is 11.2. The number of pyridine rings is 1. The lowest BCUT2D eigenvalue weighted by molar-refractivity contribution is -0.390. The summed E-state index contributed by atoms with van der Waals surface area (Å²) in [5.41, 5.74) is 0.786. The van der Waals surface area contributed by atoms with Gasteiger partial charge in [-0.3, -0.25) is 0 Å². The molecule has 0 aliphatic carbocycles. The van der Waals surface area contributed by atoms with Crippen LogP contribution in [-0.2, 0) is 6.61 Å². The van der Waals surface area contributed by atoms with Gasteiger partial charge in [0.1, 0.15) is 6.20 Å². The number of aromatic nitrogens is 3. The van der Waals surface area contributed by atoms with Gasteiger partial charge >= 0.3 is 5.82 Å². The Labute approximate surface area is 124 Å². The van der Waals surface area contributed by atoms with E-state index in [2.05, 4.69) is 15.2 Å². The molecule has 0 saturated carbocycles. The Morgan fingerprint density at radius 3 is 2.73 bits per heavy atom. The standard InChI is InChI=1S/C14H10N4O4/c19-18(20)13-11(7-4-8-15-13)21-9-12-16-17-14(22-12)10-5-2-1-3-6-10/h1-8H,9H2. The molecule has 110 valence electrons. The molecule has 0 amide bonds. The van der Waals surface area contributed by atoms with Gasteiger partial charge in [-0.2, -0.15) is 0 Å². The second-order valence-corrected chi connectivity index (χ2v) is 4.24. The minimum Gasteiger partial charge on any atom is -0.476 e. The molecule has 8 heteroatoms. The fourth-order valence-electron chi connectivity index (χ4n) is 1.78. The van der Waals surface area contributed by atoms with Crippen LogP contribution in [0.25, 0.3) is 11.5 Å². The van der Waals surface area contributed by atoms with Crippen molar-refractivity contribution in [2.75, 3.05) is 0 Å². The number of hydrogen-bond donors (Lipinski definition) is 0. The molecule has 0 N–H and O–H groups in total. The first-order chi connectivity index (χ1) is 10.7. The molecule has 0 unspecified atom stereocenters. The number of ether oxygens (including phenoxy) is 1. The maximum atomic E-state index is 10.8. The van der Waals surface area contributed by atoms with Crippen molar-refractivity contribution in [3.63, 3.8) is 0 Å². The van der Waals surface area contributed by atoms with E-state index in [4.69, 9.17) is 9.15 Å². The van der Waals surface area contributed by atoms with Gasteiger partial charge in [-0.1, -0.05) is 18.2 Å². The lowest BCUT2D eigenvalue weighted by Crippen LogP contribution is -2.00. The van der Waals surface area contributed by atoms with Crippen LogP contribution in [-0.4, -0.2) is 20.1 Å². The van der Waals surface area contributed by atoms with Gasteiger partial charge in [0.25, 0.3) is 5.89 Å². The van der Waals surface area contributed by atoms with E-state index >= 15 is 0 Å². The van der Waals surface area contributed by atoms with Crippen LogP contribution in [0.5, 0.6) is 5.75 Å². The molecule has 0 atom stereocenters. The lowest BCUT2D eigenvalue weighted by Gasteiger charge is -2.02. The number of benzene rings is 1. The SMILES string of the molecule is O=[N+]([O-])c1ncccc1OCc1nnc(-c2ccccc2)o1. The highest BCUT2D eigenvalue weighted by Crippen LogP contribution is 2.24. The first kappa shape index (κ1) is 13.7. The Hall–Kier alpha value is -3.29. The monoisotopic (exact) mass is 298 g/mol. The third-order valence-electron chi connectivity index (χ3n) is 2.76. The Morgan fingerprint density at radius 1 is 1.14 bits per heavy atom. The van der Waals surface area contributed by atoms with Gasteiger partial charge in [-0.25, -0.2) is 0 Å². The summed E-state index contributed by atoms with van der Waals surface area (Å²) in [6.07, 6.45) is 1.32. The van der Waals surface area contributed by atoms with Crippen LogP contribution in [0.1, 0.15) is 5.89 Å². The lowest BCUT2D eigenvalue weighted by atomic mass is 10.2. The van der Waals surface area contributed by atoms with Crippen LogP contribution in [0.15, 0.2) is 53.1 Å².